The van der Waals surface area contributed by atoms with E-state index in [1.54, 1.807) is 0 Å². The van der Waals surface area contributed by atoms with Crippen molar-refractivity contribution in [1.82, 2.24) is 0 Å². The van der Waals surface area contributed by atoms with Crippen molar-refractivity contribution < 1.29 is 20.8 Å². The average Bonchev–Trinajstić information content (AvgIpc) is 3.00. The Balaban J connectivity index is 0.000000595. The van der Waals surface area contributed by atoms with Crippen LogP contribution in [0.25, 0.3) is 17.2 Å². The summed E-state index contributed by atoms with van der Waals surface area (Å²) >= 11 is -0.826. The fourth-order valence-corrected chi connectivity index (χ4v) is 2.76. The summed E-state index contributed by atoms with van der Waals surface area (Å²) in [5.41, 5.74) is 8.21. The molecule has 1 aliphatic carbocycles. The van der Waals surface area contributed by atoms with E-state index in [1.165, 1.54) is 33.4 Å². The molecule has 1 radical (unpaired) electrons. The first kappa shape index (κ1) is 19.0. The number of allylic oxidation sites excluding steroid dienone is 1. The summed E-state index contributed by atoms with van der Waals surface area (Å²) in [4.78, 5) is 0. The van der Waals surface area contributed by atoms with E-state index in [2.05, 4.69) is 75.7 Å². The second-order valence-electron chi connectivity index (χ2n) is 5.87. The van der Waals surface area contributed by atoms with Crippen LogP contribution in [0.3, 0.4) is 0 Å². The van der Waals surface area contributed by atoms with E-state index in [1.807, 2.05) is 0 Å². The van der Waals surface area contributed by atoms with Crippen molar-refractivity contribution in [2.45, 2.75) is 27.2 Å². The average molecular weight is 424 g/mol. The van der Waals surface area contributed by atoms with Gasteiger partial charge in [0.25, 0.3) is 0 Å². The van der Waals surface area contributed by atoms with Gasteiger partial charge in [-0.15, -0.1) is 0 Å². The van der Waals surface area contributed by atoms with E-state index < -0.39 is 20.8 Å². The minimum atomic E-state index is -0.826. The molecule has 0 fully saturated rings. The zero-order chi connectivity index (χ0) is 16.8. The molecule has 0 saturated carbocycles. The van der Waals surface area contributed by atoms with Crippen molar-refractivity contribution in [2.24, 2.45) is 5.92 Å². The Hall–Kier alpha value is -0.357. The molecule has 1 aliphatic rings. The van der Waals surface area contributed by atoms with Crippen LogP contribution in [0.2, 0.25) is 0 Å². The third kappa shape index (κ3) is 4.82. The predicted octanol–water partition coefficient (Wildman–Crippen LogP) is 6.90. The maximum atomic E-state index is 4.93. The van der Waals surface area contributed by atoms with Gasteiger partial charge in [-0.05, 0) is 40.2 Å². The van der Waals surface area contributed by atoms with Gasteiger partial charge in [-0.25, -0.2) is 0 Å². The van der Waals surface area contributed by atoms with Crippen LogP contribution in [-0.4, -0.2) is 0 Å². The van der Waals surface area contributed by atoms with Crippen LogP contribution < -0.4 is 0 Å². The Morgan fingerprint density at radius 3 is 2.22 bits per heavy atom. The van der Waals surface area contributed by atoms with Crippen LogP contribution in [0, 0.1) is 12.3 Å². The summed E-state index contributed by atoms with van der Waals surface area (Å²) in [5.74, 6) is 0.581. The number of fused-ring (bicyclic) bond motifs is 1. The van der Waals surface area contributed by atoms with Gasteiger partial charge in [0, 0.05) is 6.42 Å². The third-order valence-electron chi connectivity index (χ3n) is 4.11. The van der Waals surface area contributed by atoms with E-state index >= 15 is 0 Å². The number of halogens is 2. The molecule has 0 saturated heterocycles. The molecule has 0 spiro atoms. The zero-order valence-electron chi connectivity index (χ0n) is 13.7. The molecule has 0 aromatic heterocycles. The fourth-order valence-electron chi connectivity index (χ4n) is 2.76. The number of aryl methyl sites for hydroxylation is 1. The Labute approximate surface area is 158 Å². The summed E-state index contributed by atoms with van der Waals surface area (Å²) < 4.78 is 0. The van der Waals surface area contributed by atoms with E-state index in [-0.39, 0.29) is 0 Å². The summed E-state index contributed by atoms with van der Waals surface area (Å²) in [7, 11) is 9.87. The second-order valence-corrected chi connectivity index (χ2v) is 9.61. The van der Waals surface area contributed by atoms with Gasteiger partial charge in [-0.2, -0.15) is 0 Å². The van der Waals surface area contributed by atoms with Gasteiger partial charge in [0.05, 0.1) is 0 Å². The van der Waals surface area contributed by atoms with E-state index in [0.717, 1.165) is 6.42 Å². The molecule has 2 aromatic rings. The van der Waals surface area contributed by atoms with Crippen LogP contribution >= 0.6 is 17.0 Å². The van der Waals surface area contributed by atoms with Crippen molar-refractivity contribution in [1.29, 1.82) is 0 Å². The Kier molecular flexibility index (Phi) is 7.60. The topological polar surface area (TPSA) is 0 Å². The molecule has 0 amide bonds. The summed E-state index contributed by atoms with van der Waals surface area (Å²) in [6.07, 6.45) is 5.77. The molecule has 3 heteroatoms. The number of rotatable bonds is 3. The van der Waals surface area contributed by atoms with Crippen LogP contribution in [0.5, 0.6) is 0 Å². The number of hydrogen-bond donors (Lipinski definition) is 0. The number of benzene rings is 2. The van der Waals surface area contributed by atoms with Crippen LogP contribution in [0.15, 0.2) is 48.0 Å². The summed E-state index contributed by atoms with van der Waals surface area (Å²) in [5, 5.41) is 0. The molecule has 3 rings (SSSR count). The van der Waals surface area contributed by atoms with Gasteiger partial charge < -0.3 is 0 Å². The molecular formula is C20H21Cl2Zr. The monoisotopic (exact) mass is 421 g/mol. The van der Waals surface area contributed by atoms with E-state index in [4.69, 9.17) is 17.0 Å². The van der Waals surface area contributed by atoms with Crippen molar-refractivity contribution in [3.63, 3.8) is 0 Å². The zero-order valence-corrected chi connectivity index (χ0v) is 17.7. The Morgan fingerprint density at radius 2 is 1.65 bits per heavy atom. The van der Waals surface area contributed by atoms with Crippen LogP contribution in [-0.2, 0) is 27.3 Å². The molecule has 0 heterocycles. The van der Waals surface area contributed by atoms with Crippen LogP contribution in [0.1, 0.15) is 37.5 Å². The quantitative estimate of drug-likeness (QED) is 0.504. The van der Waals surface area contributed by atoms with Gasteiger partial charge in [0.15, 0.2) is 0 Å². The molecular weight excluding hydrogens is 402 g/mol. The first-order valence-corrected chi connectivity index (χ1v) is 14.2. The number of hydrogen-bond acceptors (Lipinski definition) is 0. The molecule has 0 N–H and O–H groups in total. The first-order valence-electron chi connectivity index (χ1n) is 7.85. The van der Waals surface area contributed by atoms with E-state index in [0.29, 0.717) is 5.92 Å². The van der Waals surface area contributed by atoms with Crippen molar-refractivity contribution in [2.75, 3.05) is 0 Å². The SMILES string of the molecule is CCc1ccc(-c2cccc3c2C=C(C(C)C)[CH]3)cc1.[Cl][Zr][Cl]. The van der Waals surface area contributed by atoms with E-state index in [9.17, 15) is 0 Å². The fraction of sp³-hybridized carbons (Fsp3) is 0.250. The standard InChI is InChI=1S/C20H21.2ClH.Zr/c1-4-15-8-10-16(11-9-15)19-7-5-6-17-12-18(14(2)3)13-20(17)19;;;/h5-14H,4H2,1-3H3;2*1H;/q;;;+2/p-2. The molecule has 0 atom stereocenters. The molecule has 2 aromatic carbocycles. The van der Waals surface area contributed by atoms with Crippen LogP contribution in [0.4, 0.5) is 0 Å². The molecule has 0 unspecified atom stereocenters. The second kappa shape index (κ2) is 9.21. The third-order valence-corrected chi connectivity index (χ3v) is 4.11. The van der Waals surface area contributed by atoms with Gasteiger partial charge >= 0.3 is 37.9 Å². The molecule has 0 bridgehead atoms. The first-order chi connectivity index (χ1) is 11.1. The molecule has 0 nitrogen and oxygen atoms in total. The van der Waals surface area contributed by atoms with Gasteiger partial charge in [0.2, 0.25) is 0 Å². The molecule has 0 aliphatic heterocycles. The van der Waals surface area contributed by atoms with Gasteiger partial charge in [-0.3, -0.25) is 0 Å². The Morgan fingerprint density at radius 1 is 1.00 bits per heavy atom. The Bertz CT molecular complexity index is 673. The minimum absolute atomic E-state index is 0.581. The van der Waals surface area contributed by atoms with Gasteiger partial charge in [0.1, 0.15) is 0 Å². The molecule has 119 valence electrons. The van der Waals surface area contributed by atoms with Gasteiger partial charge in [-0.1, -0.05) is 74.9 Å². The predicted molar refractivity (Wildman–Crippen MR) is 99.2 cm³/mol. The van der Waals surface area contributed by atoms with Crippen molar-refractivity contribution in [3.8, 4) is 11.1 Å². The normalized spacial score (nSPS) is 12.3. The molecule has 23 heavy (non-hydrogen) atoms. The van der Waals surface area contributed by atoms with Crippen molar-refractivity contribution >= 4 is 23.1 Å². The summed E-state index contributed by atoms with van der Waals surface area (Å²) in [6.45, 7) is 6.70. The summed E-state index contributed by atoms with van der Waals surface area (Å²) in [6, 6.07) is 15.6. The maximum absolute atomic E-state index is 4.93. The van der Waals surface area contributed by atoms with Crippen molar-refractivity contribution in [3.05, 3.63) is 71.1 Å².